The van der Waals surface area contributed by atoms with Gasteiger partial charge >= 0.3 is 0 Å². The van der Waals surface area contributed by atoms with Crippen LogP contribution in [0.4, 0.5) is 11.5 Å². The number of hydrogen-bond donors (Lipinski definition) is 2. The topological polar surface area (TPSA) is 66.9 Å². The van der Waals surface area contributed by atoms with Crippen molar-refractivity contribution in [2.75, 3.05) is 5.32 Å². The van der Waals surface area contributed by atoms with E-state index in [1.165, 1.54) is 6.20 Å². The molecule has 0 bridgehead atoms. The maximum atomic E-state index is 12.1. The molecule has 1 aromatic heterocycles. The summed E-state index contributed by atoms with van der Waals surface area (Å²) in [6.07, 6.45) is 2.99. The third-order valence-corrected chi connectivity index (χ3v) is 3.79. The second kappa shape index (κ2) is 7.77. The van der Waals surface area contributed by atoms with E-state index in [0.29, 0.717) is 17.4 Å². The molecular weight excluding hydrogens is 336 g/mol. The molecular formula is C19H17ClN4O. The number of rotatable bonds is 5. The van der Waals surface area contributed by atoms with Gasteiger partial charge in [0.1, 0.15) is 11.5 Å². The van der Waals surface area contributed by atoms with Gasteiger partial charge in [-0.25, -0.2) is 9.97 Å². The molecule has 0 atom stereocenters. The van der Waals surface area contributed by atoms with Gasteiger partial charge in [0.2, 0.25) is 0 Å². The molecule has 0 saturated carbocycles. The van der Waals surface area contributed by atoms with Gasteiger partial charge in [-0.1, -0.05) is 35.9 Å². The van der Waals surface area contributed by atoms with E-state index in [1.807, 2.05) is 43.3 Å². The van der Waals surface area contributed by atoms with Gasteiger partial charge in [-0.2, -0.15) is 0 Å². The van der Waals surface area contributed by atoms with Crippen LogP contribution in [0.3, 0.4) is 0 Å². The summed E-state index contributed by atoms with van der Waals surface area (Å²) in [7, 11) is 0. The smallest absolute Gasteiger partial charge is 0.271 e. The Labute approximate surface area is 151 Å². The van der Waals surface area contributed by atoms with E-state index in [0.717, 1.165) is 16.8 Å². The molecule has 2 N–H and O–H groups in total. The molecule has 3 aromatic rings. The molecule has 0 spiro atoms. The fourth-order valence-electron chi connectivity index (χ4n) is 2.26. The van der Waals surface area contributed by atoms with Crippen molar-refractivity contribution in [3.05, 3.63) is 82.8 Å². The number of aromatic nitrogens is 2. The maximum absolute atomic E-state index is 12.1. The quantitative estimate of drug-likeness (QED) is 0.725. The lowest BCUT2D eigenvalue weighted by atomic mass is 10.2. The zero-order valence-corrected chi connectivity index (χ0v) is 14.4. The summed E-state index contributed by atoms with van der Waals surface area (Å²) in [5.41, 5.74) is 3.30. The van der Waals surface area contributed by atoms with Gasteiger partial charge < -0.3 is 10.6 Å². The predicted octanol–water partition coefficient (Wildman–Crippen LogP) is 4.11. The van der Waals surface area contributed by atoms with Crippen LogP contribution >= 0.6 is 11.6 Å². The van der Waals surface area contributed by atoms with E-state index in [4.69, 9.17) is 11.6 Å². The molecule has 1 amide bonds. The number of carbonyl (C=O) groups excluding carboxylic acids is 1. The predicted molar refractivity (Wildman–Crippen MR) is 99.1 cm³/mol. The fourth-order valence-corrected chi connectivity index (χ4v) is 2.38. The van der Waals surface area contributed by atoms with Gasteiger partial charge in [-0.3, -0.25) is 4.79 Å². The van der Waals surface area contributed by atoms with E-state index in [1.54, 1.807) is 18.3 Å². The lowest BCUT2D eigenvalue weighted by molar-refractivity contribution is 0.0945. The normalized spacial score (nSPS) is 10.3. The van der Waals surface area contributed by atoms with Gasteiger partial charge in [0.25, 0.3) is 5.91 Å². The van der Waals surface area contributed by atoms with Crippen molar-refractivity contribution in [2.45, 2.75) is 13.5 Å². The van der Waals surface area contributed by atoms with Crippen LogP contribution in [0.25, 0.3) is 0 Å². The molecule has 1 heterocycles. The maximum Gasteiger partial charge on any atom is 0.271 e. The van der Waals surface area contributed by atoms with Crippen LogP contribution < -0.4 is 10.6 Å². The molecule has 0 radical (unpaired) electrons. The minimum atomic E-state index is -0.274. The van der Waals surface area contributed by atoms with Crippen LogP contribution in [0.15, 0.2) is 60.9 Å². The summed E-state index contributed by atoms with van der Waals surface area (Å²) in [5, 5.41) is 6.63. The highest BCUT2D eigenvalue weighted by Crippen LogP contribution is 2.15. The van der Waals surface area contributed by atoms with Gasteiger partial charge in [0.15, 0.2) is 0 Å². The fraction of sp³-hybridized carbons (Fsp3) is 0.105. The molecule has 5 nitrogen and oxygen atoms in total. The third kappa shape index (κ3) is 4.78. The Hall–Kier alpha value is -2.92. The Morgan fingerprint density at radius 3 is 2.56 bits per heavy atom. The summed E-state index contributed by atoms with van der Waals surface area (Å²) >= 11 is 5.84. The Bertz CT molecular complexity index is 863. The minimum Gasteiger partial charge on any atom is -0.347 e. The first kappa shape index (κ1) is 16.9. The second-order valence-corrected chi connectivity index (χ2v) is 6.03. The lowest BCUT2D eigenvalue weighted by Gasteiger charge is -2.07. The molecule has 0 aliphatic rings. The van der Waals surface area contributed by atoms with Crippen LogP contribution in [-0.4, -0.2) is 15.9 Å². The van der Waals surface area contributed by atoms with Crippen LogP contribution in [0, 0.1) is 6.92 Å². The van der Waals surface area contributed by atoms with Crippen LogP contribution in [0.1, 0.15) is 21.6 Å². The number of benzene rings is 2. The van der Waals surface area contributed by atoms with Crippen molar-refractivity contribution < 1.29 is 4.79 Å². The number of carbonyl (C=O) groups is 1. The summed E-state index contributed by atoms with van der Waals surface area (Å²) in [5.74, 6) is 0.310. The number of hydrogen-bond acceptors (Lipinski definition) is 4. The molecule has 0 fully saturated rings. The molecule has 6 heteroatoms. The average Bonchev–Trinajstić information content (AvgIpc) is 2.62. The Kier molecular flexibility index (Phi) is 5.26. The van der Waals surface area contributed by atoms with Gasteiger partial charge in [-0.05, 0) is 42.3 Å². The van der Waals surface area contributed by atoms with Crippen molar-refractivity contribution in [1.29, 1.82) is 0 Å². The van der Waals surface area contributed by atoms with Crippen LogP contribution in [0.2, 0.25) is 5.02 Å². The molecule has 126 valence electrons. The summed E-state index contributed by atoms with van der Waals surface area (Å²) in [4.78, 5) is 20.5. The second-order valence-electron chi connectivity index (χ2n) is 5.59. The first-order valence-corrected chi connectivity index (χ1v) is 8.16. The minimum absolute atomic E-state index is 0.267. The van der Waals surface area contributed by atoms with E-state index in [-0.39, 0.29) is 11.6 Å². The monoisotopic (exact) mass is 352 g/mol. The number of nitrogens with one attached hydrogen (secondary N) is 2. The van der Waals surface area contributed by atoms with E-state index in [9.17, 15) is 4.79 Å². The highest BCUT2D eigenvalue weighted by molar-refractivity contribution is 6.30. The van der Waals surface area contributed by atoms with E-state index < -0.39 is 0 Å². The van der Waals surface area contributed by atoms with Crippen molar-refractivity contribution in [1.82, 2.24) is 15.3 Å². The van der Waals surface area contributed by atoms with Gasteiger partial charge in [0, 0.05) is 17.3 Å². The molecule has 0 aliphatic carbocycles. The molecule has 0 unspecified atom stereocenters. The first-order chi connectivity index (χ1) is 12.1. The van der Waals surface area contributed by atoms with Crippen molar-refractivity contribution in [2.24, 2.45) is 0 Å². The van der Waals surface area contributed by atoms with Crippen molar-refractivity contribution >= 4 is 29.0 Å². The summed E-state index contributed by atoms with van der Waals surface area (Å²) < 4.78 is 0. The number of nitrogens with zero attached hydrogens (tertiary/aromatic N) is 2. The van der Waals surface area contributed by atoms with E-state index >= 15 is 0 Å². The molecule has 3 rings (SSSR count). The standard InChI is InChI=1S/C19H17ClN4O/c1-13-3-2-4-16(9-13)24-18-12-21-17(11-22-18)19(25)23-10-14-5-7-15(20)8-6-14/h2-9,11-12H,10H2,1H3,(H,22,24)(H,23,25). The van der Waals surface area contributed by atoms with Crippen molar-refractivity contribution in [3.63, 3.8) is 0 Å². The van der Waals surface area contributed by atoms with Crippen LogP contribution in [-0.2, 0) is 6.54 Å². The summed E-state index contributed by atoms with van der Waals surface area (Å²) in [6.45, 7) is 2.42. The number of halogens is 1. The third-order valence-electron chi connectivity index (χ3n) is 3.54. The molecule has 0 saturated heterocycles. The largest absolute Gasteiger partial charge is 0.347 e. The zero-order chi connectivity index (χ0) is 17.6. The number of amides is 1. The average molecular weight is 353 g/mol. The highest BCUT2D eigenvalue weighted by atomic mass is 35.5. The van der Waals surface area contributed by atoms with Gasteiger partial charge in [-0.15, -0.1) is 0 Å². The number of aryl methyl sites for hydroxylation is 1. The molecule has 2 aromatic carbocycles. The summed E-state index contributed by atoms with van der Waals surface area (Å²) in [6, 6.07) is 15.2. The lowest BCUT2D eigenvalue weighted by Crippen LogP contribution is -2.24. The Balaban J connectivity index is 1.59. The Morgan fingerprint density at radius 1 is 1.08 bits per heavy atom. The van der Waals surface area contributed by atoms with Crippen LogP contribution in [0.5, 0.6) is 0 Å². The van der Waals surface area contributed by atoms with E-state index in [2.05, 4.69) is 20.6 Å². The Morgan fingerprint density at radius 2 is 1.88 bits per heavy atom. The first-order valence-electron chi connectivity index (χ1n) is 7.78. The number of anilines is 2. The highest BCUT2D eigenvalue weighted by Gasteiger charge is 2.08. The SMILES string of the molecule is Cc1cccc(Nc2cnc(C(=O)NCc3ccc(Cl)cc3)cn2)c1. The molecule has 0 aliphatic heterocycles. The van der Waals surface area contributed by atoms with Crippen molar-refractivity contribution in [3.8, 4) is 0 Å². The molecule has 25 heavy (non-hydrogen) atoms. The zero-order valence-electron chi connectivity index (χ0n) is 13.7. The van der Waals surface area contributed by atoms with Gasteiger partial charge in [0.05, 0.1) is 12.4 Å².